The molecule has 3 nitrogen and oxygen atoms in total. The predicted molar refractivity (Wildman–Crippen MR) is 108 cm³/mol. The molecule has 0 aliphatic rings. The number of unbranched alkanes of at least 4 members (excludes halogenated alkanes) is 11. The third kappa shape index (κ3) is 11.3. The third-order valence-electron chi connectivity index (χ3n) is 4.67. The molecule has 3 heteroatoms. The van der Waals surface area contributed by atoms with E-state index in [4.69, 9.17) is 9.78 Å². The van der Waals surface area contributed by atoms with Crippen LogP contribution >= 0.6 is 0 Å². The van der Waals surface area contributed by atoms with E-state index in [1.165, 1.54) is 64.2 Å². The summed E-state index contributed by atoms with van der Waals surface area (Å²) in [5.74, 6) is -0.407. The number of hydrogen-bond acceptors (Lipinski definition) is 3. The van der Waals surface area contributed by atoms with Crippen molar-refractivity contribution in [1.29, 1.82) is 0 Å². The smallest absolute Gasteiger partial charge is 0.293 e. The Morgan fingerprint density at radius 3 is 1.69 bits per heavy atom. The number of rotatable bonds is 15. The highest BCUT2D eigenvalue weighted by Gasteiger charge is 2.09. The van der Waals surface area contributed by atoms with E-state index >= 15 is 0 Å². The molecule has 0 aromatic heterocycles. The molecule has 0 atom stereocenters. The van der Waals surface area contributed by atoms with E-state index in [2.05, 4.69) is 6.92 Å². The molecule has 0 spiro atoms. The molecule has 0 unspecified atom stereocenters. The second-order valence-corrected chi connectivity index (χ2v) is 7.46. The van der Waals surface area contributed by atoms with Gasteiger partial charge in [-0.05, 0) is 32.4 Å². The van der Waals surface area contributed by atoms with Crippen LogP contribution < -0.4 is 0 Å². The van der Waals surface area contributed by atoms with Crippen molar-refractivity contribution in [2.45, 2.75) is 97.8 Å². The number of carbonyl (C=O) groups is 1. The van der Waals surface area contributed by atoms with Crippen molar-refractivity contribution in [3.8, 4) is 0 Å². The zero-order chi connectivity index (χ0) is 19.0. The first-order chi connectivity index (χ1) is 12.6. The van der Waals surface area contributed by atoms with Gasteiger partial charge in [-0.15, -0.1) is 0 Å². The maximum atomic E-state index is 11.9. The maximum Gasteiger partial charge on any atom is 0.373 e. The summed E-state index contributed by atoms with van der Waals surface area (Å²) in [6.45, 7) is 6.68. The van der Waals surface area contributed by atoms with Gasteiger partial charge < -0.3 is 0 Å². The van der Waals surface area contributed by atoms with Crippen molar-refractivity contribution >= 4 is 5.97 Å². The molecule has 26 heavy (non-hydrogen) atoms. The monoisotopic (exact) mass is 362 g/mol. The van der Waals surface area contributed by atoms with Gasteiger partial charge in [-0.3, -0.25) is 4.89 Å². The van der Waals surface area contributed by atoms with Crippen LogP contribution in [0.5, 0.6) is 0 Å². The Hall–Kier alpha value is -1.35. The Morgan fingerprint density at radius 2 is 1.19 bits per heavy atom. The van der Waals surface area contributed by atoms with Crippen LogP contribution in [0.1, 0.15) is 105 Å². The van der Waals surface area contributed by atoms with Crippen molar-refractivity contribution < 1.29 is 14.6 Å². The highest BCUT2D eigenvalue weighted by atomic mass is 17.2. The van der Waals surface area contributed by atoms with Crippen LogP contribution in [0.3, 0.4) is 0 Å². The summed E-state index contributed by atoms with van der Waals surface area (Å²) in [5, 5.41) is 0. The fraction of sp³-hybridized carbons (Fsp3) is 0.696. The van der Waals surface area contributed by atoms with Crippen molar-refractivity contribution in [3.05, 3.63) is 34.9 Å². The summed E-state index contributed by atoms with van der Waals surface area (Å²) in [7, 11) is 0. The minimum Gasteiger partial charge on any atom is -0.293 e. The molecule has 0 saturated carbocycles. The average molecular weight is 363 g/mol. The molecule has 0 amide bonds. The van der Waals surface area contributed by atoms with Crippen LogP contribution in [0.2, 0.25) is 0 Å². The van der Waals surface area contributed by atoms with E-state index in [9.17, 15) is 4.79 Å². The van der Waals surface area contributed by atoms with E-state index in [0.717, 1.165) is 24.0 Å². The second-order valence-electron chi connectivity index (χ2n) is 7.46. The van der Waals surface area contributed by atoms with Crippen molar-refractivity contribution in [3.63, 3.8) is 0 Å². The number of benzene rings is 1. The van der Waals surface area contributed by atoms with Gasteiger partial charge in [0.1, 0.15) is 0 Å². The molecule has 0 aliphatic heterocycles. The van der Waals surface area contributed by atoms with Crippen LogP contribution in [-0.2, 0) is 9.78 Å². The van der Waals surface area contributed by atoms with E-state index in [0.29, 0.717) is 12.2 Å². The van der Waals surface area contributed by atoms with Gasteiger partial charge in [-0.1, -0.05) is 94.7 Å². The lowest BCUT2D eigenvalue weighted by atomic mass is 10.1. The Labute approximate surface area is 160 Å². The van der Waals surface area contributed by atoms with Gasteiger partial charge in [0.2, 0.25) is 0 Å². The summed E-state index contributed by atoms with van der Waals surface area (Å²) in [5.41, 5.74) is 2.66. The Balaban J connectivity index is 1.91. The highest BCUT2D eigenvalue weighted by Crippen LogP contribution is 2.13. The molecule has 0 fully saturated rings. The predicted octanol–water partition coefficient (Wildman–Crippen LogP) is 7.09. The molecule has 1 aromatic rings. The Bertz CT molecular complexity index is 476. The fourth-order valence-corrected chi connectivity index (χ4v) is 3.24. The molecule has 0 heterocycles. The molecular weight excluding hydrogens is 324 g/mol. The molecule has 0 radical (unpaired) electrons. The SMILES string of the molecule is CCCCCCCCCCCCCCOOC(=O)c1cc(C)cc(C)c1. The first-order valence-corrected chi connectivity index (χ1v) is 10.6. The minimum atomic E-state index is -0.407. The van der Waals surface area contributed by atoms with Crippen molar-refractivity contribution in [1.82, 2.24) is 0 Å². The number of hydrogen-bond donors (Lipinski definition) is 0. The first-order valence-electron chi connectivity index (χ1n) is 10.6. The van der Waals surface area contributed by atoms with Gasteiger partial charge in [-0.25, -0.2) is 4.79 Å². The number of aryl methyl sites for hydroxylation is 2. The van der Waals surface area contributed by atoms with Crippen LogP contribution in [0.15, 0.2) is 18.2 Å². The van der Waals surface area contributed by atoms with Gasteiger partial charge >= 0.3 is 5.97 Å². The summed E-state index contributed by atoms with van der Waals surface area (Å²) < 4.78 is 0. The molecule has 0 aliphatic carbocycles. The van der Waals surface area contributed by atoms with Gasteiger partial charge in [0.05, 0.1) is 12.2 Å². The Kier molecular flexibility index (Phi) is 12.9. The van der Waals surface area contributed by atoms with Gasteiger partial charge in [0, 0.05) is 0 Å². The molecule has 0 bridgehead atoms. The lowest BCUT2D eigenvalue weighted by Gasteiger charge is -2.06. The molecule has 0 N–H and O–H groups in total. The molecule has 1 aromatic carbocycles. The van der Waals surface area contributed by atoms with Crippen molar-refractivity contribution in [2.75, 3.05) is 6.61 Å². The summed E-state index contributed by atoms with van der Waals surface area (Å²) in [6.07, 6.45) is 15.7. The fourth-order valence-electron chi connectivity index (χ4n) is 3.24. The van der Waals surface area contributed by atoms with Gasteiger partial charge in [-0.2, -0.15) is 4.89 Å². The summed E-state index contributed by atoms with van der Waals surface area (Å²) in [4.78, 5) is 21.9. The largest absolute Gasteiger partial charge is 0.373 e. The van der Waals surface area contributed by atoms with E-state index in [1.54, 1.807) is 0 Å². The van der Waals surface area contributed by atoms with E-state index in [1.807, 2.05) is 32.0 Å². The molecular formula is C23H38O3. The van der Waals surface area contributed by atoms with Crippen LogP contribution in [0.4, 0.5) is 0 Å². The quantitative estimate of drug-likeness (QED) is 0.190. The first kappa shape index (κ1) is 22.7. The normalized spacial score (nSPS) is 10.9. The molecule has 148 valence electrons. The van der Waals surface area contributed by atoms with Gasteiger partial charge in [0.15, 0.2) is 0 Å². The lowest BCUT2D eigenvalue weighted by molar-refractivity contribution is -0.241. The molecule has 0 saturated heterocycles. The summed E-state index contributed by atoms with van der Waals surface area (Å²) >= 11 is 0. The van der Waals surface area contributed by atoms with Crippen LogP contribution in [0, 0.1) is 13.8 Å². The lowest BCUT2D eigenvalue weighted by Crippen LogP contribution is -2.07. The Morgan fingerprint density at radius 1 is 0.731 bits per heavy atom. The summed E-state index contributed by atoms with van der Waals surface area (Å²) in [6, 6.07) is 5.68. The zero-order valence-electron chi connectivity index (χ0n) is 17.1. The van der Waals surface area contributed by atoms with Crippen LogP contribution in [0.25, 0.3) is 0 Å². The minimum absolute atomic E-state index is 0.407. The zero-order valence-corrected chi connectivity index (χ0v) is 17.1. The maximum absolute atomic E-state index is 11.9. The third-order valence-corrected chi connectivity index (χ3v) is 4.67. The average Bonchev–Trinajstić information content (AvgIpc) is 2.61. The van der Waals surface area contributed by atoms with Gasteiger partial charge in [0.25, 0.3) is 0 Å². The highest BCUT2D eigenvalue weighted by molar-refractivity contribution is 5.89. The number of carbonyl (C=O) groups excluding carboxylic acids is 1. The van der Waals surface area contributed by atoms with Crippen LogP contribution in [-0.4, -0.2) is 12.6 Å². The standard InChI is InChI=1S/C23H38O3/c1-4-5-6-7-8-9-10-11-12-13-14-15-16-25-26-23(24)22-18-20(2)17-21(3)19-22/h17-19H,4-16H2,1-3H3. The van der Waals surface area contributed by atoms with E-state index < -0.39 is 5.97 Å². The topological polar surface area (TPSA) is 35.5 Å². The van der Waals surface area contributed by atoms with Crippen molar-refractivity contribution in [2.24, 2.45) is 0 Å². The second kappa shape index (κ2) is 14.8. The molecule has 1 rings (SSSR count). The van der Waals surface area contributed by atoms with E-state index in [-0.39, 0.29) is 0 Å².